The third kappa shape index (κ3) is 4.19. The van der Waals surface area contributed by atoms with E-state index in [9.17, 15) is 18.0 Å². The van der Waals surface area contributed by atoms with Crippen molar-refractivity contribution in [2.75, 3.05) is 6.61 Å². The molecule has 182 valence electrons. The van der Waals surface area contributed by atoms with Crippen molar-refractivity contribution in [1.29, 1.82) is 0 Å². The molecule has 0 amide bonds. The second-order valence-corrected chi connectivity index (χ2v) is 8.96. The highest BCUT2D eigenvalue weighted by Gasteiger charge is 2.29. The standard InChI is InChI=1S/C26H20F3N5O2/c1-33-12-18-10-19(6-8-21(18)32-33)34-13-17-5-9-22(36-14-26(27,28)29)31-24(17)23(25(34)35)16-4-7-20(30-11-16)15-2-3-15/h4-13,15H,2-3,14H2,1H3. The van der Waals surface area contributed by atoms with Crippen molar-refractivity contribution in [3.8, 4) is 22.7 Å². The topological polar surface area (TPSA) is 74.8 Å². The molecular weight excluding hydrogens is 471 g/mol. The summed E-state index contributed by atoms with van der Waals surface area (Å²) in [7, 11) is 1.82. The van der Waals surface area contributed by atoms with Gasteiger partial charge < -0.3 is 4.74 Å². The molecule has 0 saturated heterocycles. The van der Waals surface area contributed by atoms with E-state index in [2.05, 4.69) is 15.1 Å². The first-order valence-corrected chi connectivity index (χ1v) is 11.4. The van der Waals surface area contributed by atoms with Crippen LogP contribution in [0.15, 0.2) is 65.8 Å². The van der Waals surface area contributed by atoms with E-state index in [0.717, 1.165) is 29.4 Å². The normalized spacial score (nSPS) is 14.0. The molecule has 0 bridgehead atoms. The van der Waals surface area contributed by atoms with Crippen LogP contribution in [0, 0.1) is 0 Å². The SMILES string of the molecule is Cn1cc2cc(-n3cc4ccc(OCC(F)(F)F)nc4c(-c4ccc(C5CC5)nc4)c3=O)ccc2n1. The van der Waals surface area contributed by atoms with Gasteiger partial charge in [-0.3, -0.25) is 19.0 Å². The number of hydrogen-bond donors (Lipinski definition) is 0. The van der Waals surface area contributed by atoms with Gasteiger partial charge >= 0.3 is 6.18 Å². The molecule has 4 heterocycles. The molecule has 0 N–H and O–H groups in total. The fraction of sp³-hybridized carbons (Fsp3) is 0.231. The first-order valence-electron chi connectivity index (χ1n) is 11.4. The van der Waals surface area contributed by atoms with Crippen LogP contribution in [0.1, 0.15) is 24.5 Å². The van der Waals surface area contributed by atoms with Crippen LogP contribution in [0.3, 0.4) is 0 Å². The van der Waals surface area contributed by atoms with Gasteiger partial charge in [0.1, 0.15) is 0 Å². The molecule has 7 nitrogen and oxygen atoms in total. The average Bonchev–Trinajstić information content (AvgIpc) is 3.62. The van der Waals surface area contributed by atoms with Crippen LogP contribution in [0.25, 0.3) is 38.6 Å². The second kappa shape index (κ2) is 8.18. The molecule has 0 atom stereocenters. The van der Waals surface area contributed by atoms with E-state index >= 15 is 0 Å². The summed E-state index contributed by atoms with van der Waals surface area (Å²) in [6.45, 7) is -1.47. The molecule has 5 aromatic rings. The number of nitrogens with zero attached hydrogens (tertiary/aromatic N) is 5. The van der Waals surface area contributed by atoms with Gasteiger partial charge in [-0.05, 0) is 43.2 Å². The number of ether oxygens (including phenoxy) is 1. The maximum absolute atomic E-state index is 13.8. The van der Waals surface area contributed by atoms with Crippen LogP contribution in [-0.4, -0.2) is 37.1 Å². The summed E-state index contributed by atoms with van der Waals surface area (Å²) in [6, 6.07) is 12.2. The molecule has 0 radical (unpaired) electrons. The molecule has 10 heteroatoms. The number of rotatable bonds is 5. The second-order valence-electron chi connectivity index (χ2n) is 8.96. The molecule has 0 unspecified atom stereocenters. The lowest BCUT2D eigenvalue weighted by Gasteiger charge is -2.14. The fourth-order valence-electron chi connectivity index (χ4n) is 4.32. The monoisotopic (exact) mass is 491 g/mol. The molecular formula is C26H20F3N5O2. The first kappa shape index (κ1) is 22.3. The summed E-state index contributed by atoms with van der Waals surface area (Å²) in [4.78, 5) is 22.7. The number of halogens is 3. The van der Waals surface area contributed by atoms with Crippen molar-refractivity contribution in [3.05, 3.63) is 77.1 Å². The van der Waals surface area contributed by atoms with Crippen LogP contribution in [0.4, 0.5) is 13.2 Å². The van der Waals surface area contributed by atoms with Crippen molar-refractivity contribution in [1.82, 2.24) is 24.3 Å². The van der Waals surface area contributed by atoms with Gasteiger partial charge in [-0.1, -0.05) is 6.07 Å². The number of fused-ring (bicyclic) bond motifs is 2. The van der Waals surface area contributed by atoms with Gasteiger partial charge in [0.25, 0.3) is 5.56 Å². The number of benzene rings is 1. The van der Waals surface area contributed by atoms with Gasteiger partial charge in [0, 0.05) is 65.3 Å². The van der Waals surface area contributed by atoms with Crippen LogP contribution < -0.4 is 10.3 Å². The number of aryl methyl sites for hydroxylation is 1. The molecule has 1 aliphatic rings. The zero-order valence-corrected chi connectivity index (χ0v) is 19.2. The predicted molar refractivity (Wildman–Crippen MR) is 128 cm³/mol. The highest BCUT2D eigenvalue weighted by Crippen LogP contribution is 2.39. The molecule has 4 aromatic heterocycles. The van der Waals surface area contributed by atoms with Gasteiger partial charge in [0.2, 0.25) is 5.88 Å². The predicted octanol–water partition coefficient (Wildman–Crippen LogP) is 5.15. The number of pyridine rings is 3. The van der Waals surface area contributed by atoms with E-state index in [-0.39, 0.29) is 22.5 Å². The van der Waals surface area contributed by atoms with Crippen molar-refractivity contribution >= 4 is 21.8 Å². The molecule has 6 rings (SSSR count). The summed E-state index contributed by atoms with van der Waals surface area (Å²) in [5.74, 6) is 0.229. The smallest absolute Gasteiger partial charge is 0.422 e. The van der Waals surface area contributed by atoms with E-state index in [4.69, 9.17) is 4.74 Å². The molecule has 0 spiro atoms. The molecule has 1 fully saturated rings. The van der Waals surface area contributed by atoms with Gasteiger partial charge in [-0.25, -0.2) is 4.98 Å². The summed E-state index contributed by atoms with van der Waals surface area (Å²) < 4.78 is 46.2. The van der Waals surface area contributed by atoms with E-state index < -0.39 is 12.8 Å². The van der Waals surface area contributed by atoms with E-state index in [1.807, 2.05) is 37.5 Å². The summed E-state index contributed by atoms with van der Waals surface area (Å²) in [6.07, 6.45) is 2.79. The minimum absolute atomic E-state index is 0.211. The lowest BCUT2D eigenvalue weighted by molar-refractivity contribution is -0.154. The largest absolute Gasteiger partial charge is 0.468 e. The minimum atomic E-state index is -4.50. The minimum Gasteiger partial charge on any atom is -0.468 e. The Kier molecular flexibility index (Phi) is 5.06. The fourth-order valence-corrected chi connectivity index (χ4v) is 4.32. The Balaban J connectivity index is 1.54. The average molecular weight is 491 g/mol. The lowest BCUT2D eigenvalue weighted by atomic mass is 10.0. The maximum atomic E-state index is 13.8. The van der Waals surface area contributed by atoms with Crippen molar-refractivity contribution in [2.45, 2.75) is 24.9 Å². The molecule has 1 saturated carbocycles. The van der Waals surface area contributed by atoms with Gasteiger partial charge in [-0.15, -0.1) is 0 Å². The van der Waals surface area contributed by atoms with E-state index in [0.29, 0.717) is 22.6 Å². The molecule has 1 aliphatic carbocycles. The quantitative estimate of drug-likeness (QED) is 0.340. The summed E-state index contributed by atoms with van der Waals surface area (Å²) >= 11 is 0. The number of alkyl halides is 3. The van der Waals surface area contributed by atoms with Crippen LogP contribution in [0.5, 0.6) is 5.88 Å². The summed E-state index contributed by atoms with van der Waals surface area (Å²) in [5, 5.41) is 5.81. The number of hydrogen-bond acceptors (Lipinski definition) is 5. The molecule has 36 heavy (non-hydrogen) atoms. The van der Waals surface area contributed by atoms with Crippen molar-refractivity contribution < 1.29 is 17.9 Å². The third-order valence-corrected chi connectivity index (χ3v) is 6.17. The van der Waals surface area contributed by atoms with Crippen LogP contribution in [0.2, 0.25) is 0 Å². The Labute approximate surface area is 202 Å². The highest BCUT2D eigenvalue weighted by molar-refractivity contribution is 5.93. The zero-order valence-electron chi connectivity index (χ0n) is 19.2. The number of aromatic nitrogens is 5. The van der Waals surface area contributed by atoms with E-state index in [1.54, 1.807) is 29.2 Å². The Morgan fingerprint density at radius 3 is 2.61 bits per heavy atom. The third-order valence-electron chi connectivity index (χ3n) is 6.17. The van der Waals surface area contributed by atoms with Crippen molar-refractivity contribution in [3.63, 3.8) is 0 Å². The maximum Gasteiger partial charge on any atom is 0.422 e. The Hall–Kier alpha value is -4.21. The highest BCUT2D eigenvalue weighted by atomic mass is 19.4. The first-order chi connectivity index (χ1) is 17.2. The van der Waals surface area contributed by atoms with E-state index in [1.165, 1.54) is 10.6 Å². The molecule has 1 aromatic carbocycles. The van der Waals surface area contributed by atoms with Crippen LogP contribution >= 0.6 is 0 Å². The Morgan fingerprint density at radius 2 is 1.89 bits per heavy atom. The molecule has 0 aliphatic heterocycles. The zero-order chi connectivity index (χ0) is 25.0. The summed E-state index contributed by atoms with van der Waals surface area (Å²) in [5.41, 5.74) is 3.04. The van der Waals surface area contributed by atoms with Gasteiger partial charge in [0.05, 0.1) is 16.6 Å². The van der Waals surface area contributed by atoms with Crippen molar-refractivity contribution in [2.24, 2.45) is 7.05 Å². The Morgan fingerprint density at radius 1 is 1.06 bits per heavy atom. The van der Waals surface area contributed by atoms with Gasteiger partial charge in [0.15, 0.2) is 6.61 Å². The van der Waals surface area contributed by atoms with Crippen LogP contribution in [-0.2, 0) is 7.05 Å². The Bertz CT molecular complexity index is 1670. The lowest BCUT2D eigenvalue weighted by Crippen LogP contribution is -2.21. The van der Waals surface area contributed by atoms with Gasteiger partial charge in [-0.2, -0.15) is 18.3 Å².